The van der Waals surface area contributed by atoms with Gasteiger partial charge in [-0.2, -0.15) is 5.26 Å². The summed E-state index contributed by atoms with van der Waals surface area (Å²) < 4.78 is 0.953. The molecule has 0 saturated heterocycles. The van der Waals surface area contributed by atoms with E-state index in [1.807, 2.05) is 19.1 Å². The van der Waals surface area contributed by atoms with Gasteiger partial charge in [-0.3, -0.25) is 0 Å². The number of benzene rings is 2. The standard InChI is InChI=1S/C15H13BrN2/c1-10-3-4-11(2)14(7-10)18-15-8-13(16)6-5-12(15)9-17/h3-8,18H,1-2H3. The van der Waals surface area contributed by atoms with Crippen molar-refractivity contribution in [2.24, 2.45) is 0 Å². The van der Waals surface area contributed by atoms with E-state index in [0.29, 0.717) is 5.56 Å². The predicted molar refractivity (Wildman–Crippen MR) is 78.1 cm³/mol. The van der Waals surface area contributed by atoms with Crippen molar-refractivity contribution in [1.82, 2.24) is 0 Å². The first kappa shape index (κ1) is 12.7. The number of nitriles is 1. The Morgan fingerprint density at radius 1 is 1.06 bits per heavy atom. The molecule has 2 nitrogen and oxygen atoms in total. The van der Waals surface area contributed by atoms with Crippen molar-refractivity contribution >= 4 is 27.3 Å². The lowest BCUT2D eigenvalue weighted by Crippen LogP contribution is -1.96. The monoisotopic (exact) mass is 300 g/mol. The van der Waals surface area contributed by atoms with Crippen LogP contribution in [0, 0.1) is 25.2 Å². The van der Waals surface area contributed by atoms with Crippen LogP contribution >= 0.6 is 15.9 Å². The van der Waals surface area contributed by atoms with Crippen molar-refractivity contribution in [1.29, 1.82) is 5.26 Å². The smallest absolute Gasteiger partial charge is 0.101 e. The maximum absolute atomic E-state index is 9.11. The number of hydrogen-bond donors (Lipinski definition) is 1. The number of rotatable bonds is 2. The summed E-state index contributed by atoms with van der Waals surface area (Å²) in [7, 11) is 0. The molecular formula is C15H13BrN2. The molecule has 0 aliphatic rings. The first-order chi connectivity index (χ1) is 8.60. The van der Waals surface area contributed by atoms with Crippen LogP contribution in [0.15, 0.2) is 40.9 Å². The molecule has 0 radical (unpaired) electrons. The van der Waals surface area contributed by atoms with Gasteiger partial charge in [0.05, 0.1) is 11.3 Å². The Labute approximate surface area is 115 Å². The van der Waals surface area contributed by atoms with Gasteiger partial charge in [0.25, 0.3) is 0 Å². The second kappa shape index (κ2) is 5.24. The lowest BCUT2D eigenvalue weighted by atomic mass is 10.1. The molecule has 0 unspecified atom stereocenters. The average Bonchev–Trinajstić information content (AvgIpc) is 2.34. The van der Waals surface area contributed by atoms with E-state index < -0.39 is 0 Å². The van der Waals surface area contributed by atoms with Crippen molar-refractivity contribution < 1.29 is 0 Å². The van der Waals surface area contributed by atoms with Crippen LogP contribution in [0.25, 0.3) is 0 Å². The van der Waals surface area contributed by atoms with Gasteiger partial charge >= 0.3 is 0 Å². The number of halogens is 1. The van der Waals surface area contributed by atoms with E-state index in [1.54, 1.807) is 6.07 Å². The maximum Gasteiger partial charge on any atom is 0.101 e. The van der Waals surface area contributed by atoms with E-state index in [1.165, 1.54) is 5.56 Å². The highest BCUT2D eigenvalue weighted by molar-refractivity contribution is 9.10. The lowest BCUT2D eigenvalue weighted by molar-refractivity contribution is 1.37. The number of nitrogens with one attached hydrogen (secondary N) is 1. The zero-order valence-electron chi connectivity index (χ0n) is 10.3. The zero-order valence-corrected chi connectivity index (χ0v) is 11.9. The van der Waals surface area contributed by atoms with Gasteiger partial charge in [0.2, 0.25) is 0 Å². The SMILES string of the molecule is Cc1ccc(C)c(Nc2cc(Br)ccc2C#N)c1. The third kappa shape index (κ3) is 2.72. The molecule has 3 heteroatoms. The summed E-state index contributed by atoms with van der Waals surface area (Å²) in [5.74, 6) is 0. The van der Waals surface area contributed by atoms with E-state index in [2.05, 4.69) is 52.4 Å². The molecule has 2 aromatic rings. The highest BCUT2D eigenvalue weighted by atomic mass is 79.9. The van der Waals surface area contributed by atoms with Crippen LogP contribution in [0.5, 0.6) is 0 Å². The summed E-state index contributed by atoms with van der Waals surface area (Å²) >= 11 is 3.42. The largest absolute Gasteiger partial charge is 0.354 e. The second-order valence-corrected chi connectivity index (χ2v) is 5.16. The Bertz CT molecular complexity index is 627. The molecular weight excluding hydrogens is 288 g/mol. The molecule has 2 aromatic carbocycles. The lowest BCUT2D eigenvalue weighted by Gasteiger charge is -2.12. The van der Waals surface area contributed by atoms with Gasteiger partial charge in [0, 0.05) is 10.2 Å². The normalized spacial score (nSPS) is 9.89. The topological polar surface area (TPSA) is 35.8 Å². The maximum atomic E-state index is 9.11. The molecule has 0 atom stereocenters. The van der Waals surface area contributed by atoms with Gasteiger partial charge in [-0.25, -0.2) is 0 Å². The Kier molecular flexibility index (Phi) is 3.69. The second-order valence-electron chi connectivity index (χ2n) is 4.25. The van der Waals surface area contributed by atoms with E-state index in [0.717, 1.165) is 21.4 Å². The van der Waals surface area contributed by atoms with Crippen molar-refractivity contribution in [3.63, 3.8) is 0 Å². The highest BCUT2D eigenvalue weighted by Gasteiger charge is 2.05. The van der Waals surface area contributed by atoms with E-state index in [9.17, 15) is 0 Å². The molecule has 1 N–H and O–H groups in total. The van der Waals surface area contributed by atoms with Gasteiger partial charge < -0.3 is 5.32 Å². The van der Waals surface area contributed by atoms with Crippen LogP contribution in [-0.4, -0.2) is 0 Å². The first-order valence-corrected chi connectivity index (χ1v) is 6.43. The Morgan fingerprint density at radius 2 is 1.83 bits per heavy atom. The fraction of sp³-hybridized carbons (Fsp3) is 0.133. The molecule has 90 valence electrons. The number of anilines is 2. The Balaban J connectivity index is 2.43. The highest BCUT2D eigenvalue weighted by Crippen LogP contribution is 2.26. The summed E-state index contributed by atoms with van der Waals surface area (Å²) in [5, 5.41) is 12.4. The number of nitrogens with zero attached hydrogens (tertiary/aromatic N) is 1. The van der Waals surface area contributed by atoms with Gasteiger partial charge in [0.15, 0.2) is 0 Å². The summed E-state index contributed by atoms with van der Waals surface area (Å²) in [4.78, 5) is 0. The predicted octanol–water partition coefficient (Wildman–Crippen LogP) is 4.68. The van der Waals surface area contributed by atoms with Gasteiger partial charge in [-0.1, -0.05) is 28.1 Å². The summed E-state index contributed by atoms with van der Waals surface area (Å²) in [6.45, 7) is 4.10. The van der Waals surface area contributed by atoms with E-state index in [4.69, 9.17) is 5.26 Å². The third-order valence-corrected chi connectivity index (χ3v) is 3.26. The minimum Gasteiger partial charge on any atom is -0.354 e. The van der Waals surface area contributed by atoms with Crippen molar-refractivity contribution in [3.8, 4) is 6.07 Å². The minimum atomic E-state index is 0.638. The molecule has 0 heterocycles. The Morgan fingerprint density at radius 3 is 2.56 bits per heavy atom. The average molecular weight is 301 g/mol. The Hall–Kier alpha value is -1.79. The summed E-state index contributed by atoms with van der Waals surface area (Å²) in [6.07, 6.45) is 0. The molecule has 0 amide bonds. The van der Waals surface area contributed by atoms with Crippen molar-refractivity contribution in [3.05, 3.63) is 57.6 Å². The van der Waals surface area contributed by atoms with E-state index in [-0.39, 0.29) is 0 Å². The molecule has 2 rings (SSSR count). The van der Waals surface area contributed by atoms with Crippen LogP contribution in [0.3, 0.4) is 0 Å². The van der Waals surface area contributed by atoms with Gasteiger partial charge in [-0.05, 0) is 49.2 Å². The van der Waals surface area contributed by atoms with E-state index >= 15 is 0 Å². The van der Waals surface area contributed by atoms with Gasteiger partial charge in [-0.15, -0.1) is 0 Å². The molecule has 0 aliphatic carbocycles. The minimum absolute atomic E-state index is 0.638. The third-order valence-electron chi connectivity index (χ3n) is 2.76. The van der Waals surface area contributed by atoms with Crippen molar-refractivity contribution in [2.45, 2.75) is 13.8 Å². The van der Waals surface area contributed by atoms with Crippen LogP contribution < -0.4 is 5.32 Å². The zero-order chi connectivity index (χ0) is 13.1. The molecule has 0 saturated carbocycles. The van der Waals surface area contributed by atoms with Crippen LogP contribution in [0.1, 0.15) is 16.7 Å². The summed E-state index contributed by atoms with van der Waals surface area (Å²) in [5.41, 5.74) is 4.84. The van der Waals surface area contributed by atoms with Crippen LogP contribution in [0.4, 0.5) is 11.4 Å². The number of hydrogen-bond acceptors (Lipinski definition) is 2. The van der Waals surface area contributed by atoms with Crippen LogP contribution in [-0.2, 0) is 0 Å². The summed E-state index contributed by atoms with van der Waals surface area (Å²) in [6, 6.07) is 14.0. The fourth-order valence-corrected chi connectivity index (χ4v) is 2.09. The quantitative estimate of drug-likeness (QED) is 0.874. The number of aryl methyl sites for hydroxylation is 2. The molecule has 0 aliphatic heterocycles. The van der Waals surface area contributed by atoms with Crippen molar-refractivity contribution in [2.75, 3.05) is 5.32 Å². The molecule has 0 spiro atoms. The molecule has 0 fully saturated rings. The first-order valence-electron chi connectivity index (χ1n) is 5.64. The van der Waals surface area contributed by atoms with Gasteiger partial charge in [0.1, 0.15) is 6.07 Å². The molecule has 0 aromatic heterocycles. The molecule has 18 heavy (non-hydrogen) atoms. The molecule has 0 bridgehead atoms. The fourth-order valence-electron chi connectivity index (χ4n) is 1.73. The van der Waals surface area contributed by atoms with Crippen LogP contribution in [0.2, 0.25) is 0 Å².